The predicted molar refractivity (Wildman–Crippen MR) is 78.3 cm³/mol. The molecular weight excluding hydrogens is 234 g/mol. The zero-order valence-corrected chi connectivity index (χ0v) is 10.7. The summed E-state index contributed by atoms with van der Waals surface area (Å²) in [5.41, 5.74) is 3.40. The molecule has 0 N–H and O–H groups in total. The molecule has 94 valence electrons. The molecule has 0 aliphatic carbocycles. The topological polar surface area (TPSA) is 17.1 Å². The molecule has 0 saturated heterocycles. The number of rotatable bonds is 3. The zero-order chi connectivity index (χ0) is 13.1. The minimum Gasteiger partial charge on any atom is -0.233 e. The van der Waals surface area contributed by atoms with Gasteiger partial charge in [0.2, 0.25) is 0 Å². The SMILES string of the molecule is O=C[N+]1(Cc2ccccc2)CC=Cc2ccccc21. The molecule has 1 aliphatic rings. The molecule has 0 fully saturated rings. The van der Waals surface area contributed by atoms with E-state index in [0.29, 0.717) is 11.0 Å². The van der Waals surface area contributed by atoms with E-state index in [4.69, 9.17) is 0 Å². The van der Waals surface area contributed by atoms with Gasteiger partial charge < -0.3 is 0 Å². The van der Waals surface area contributed by atoms with Gasteiger partial charge in [-0.1, -0.05) is 42.5 Å². The van der Waals surface area contributed by atoms with Gasteiger partial charge >= 0.3 is 6.41 Å². The molecule has 1 unspecified atom stereocenters. The smallest absolute Gasteiger partial charge is 0.233 e. The highest BCUT2D eigenvalue weighted by atomic mass is 16.1. The number of carbonyl (C=O) groups excluding carboxylic acids is 1. The van der Waals surface area contributed by atoms with Crippen molar-refractivity contribution < 1.29 is 4.79 Å². The van der Waals surface area contributed by atoms with Crippen molar-refractivity contribution in [2.75, 3.05) is 6.54 Å². The van der Waals surface area contributed by atoms with E-state index in [-0.39, 0.29) is 0 Å². The fraction of sp³-hybridized carbons (Fsp3) is 0.118. The van der Waals surface area contributed by atoms with E-state index in [1.165, 1.54) is 5.56 Å². The van der Waals surface area contributed by atoms with Gasteiger partial charge in [0.25, 0.3) is 0 Å². The van der Waals surface area contributed by atoms with E-state index in [0.717, 1.165) is 24.2 Å². The van der Waals surface area contributed by atoms with E-state index in [9.17, 15) is 4.79 Å². The van der Waals surface area contributed by atoms with Crippen molar-refractivity contribution in [2.24, 2.45) is 0 Å². The molecule has 0 bridgehead atoms. The lowest BCUT2D eigenvalue weighted by Crippen LogP contribution is -2.48. The maximum atomic E-state index is 11.8. The third kappa shape index (κ3) is 2.11. The third-order valence-corrected chi connectivity index (χ3v) is 3.65. The van der Waals surface area contributed by atoms with Crippen LogP contribution in [-0.2, 0) is 11.3 Å². The highest BCUT2D eigenvalue weighted by molar-refractivity contribution is 5.79. The van der Waals surface area contributed by atoms with E-state index < -0.39 is 0 Å². The van der Waals surface area contributed by atoms with Crippen LogP contribution >= 0.6 is 0 Å². The van der Waals surface area contributed by atoms with Crippen LogP contribution in [0.1, 0.15) is 11.1 Å². The standard InChI is InChI=1S/C17H16NO/c19-14-18(13-15-7-2-1-3-8-15)12-6-10-16-9-4-5-11-17(16)18/h1-11,14H,12-13H2/q+1. The molecule has 0 aromatic heterocycles. The summed E-state index contributed by atoms with van der Waals surface area (Å²) in [4.78, 5) is 11.8. The summed E-state index contributed by atoms with van der Waals surface area (Å²) in [7, 11) is 0. The van der Waals surface area contributed by atoms with Gasteiger partial charge in [0.05, 0.1) is 0 Å². The van der Waals surface area contributed by atoms with Crippen LogP contribution < -0.4 is 4.48 Å². The van der Waals surface area contributed by atoms with Gasteiger partial charge in [0.1, 0.15) is 18.8 Å². The molecule has 19 heavy (non-hydrogen) atoms. The van der Waals surface area contributed by atoms with Crippen molar-refractivity contribution in [2.45, 2.75) is 6.54 Å². The molecule has 2 nitrogen and oxygen atoms in total. The lowest BCUT2D eigenvalue weighted by atomic mass is 10.0. The van der Waals surface area contributed by atoms with Gasteiger partial charge in [-0.25, -0.2) is 9.28 Å². The van der Waals surface area contributed by atoms with Crippen LogP contribution in [0.5, 0.6) is 0 Å². The lowest BCUT2D eigenvalue weighted by molar-refractivity contribution is -0.117. The van der Waals surface area contributed by atoms with Crippen molar-refractivity contribution in [3.05, 3.63) is 71.8 Å². The summed E-state index contributed by atoms with van der Waals surface area (Å²) in [6.45, 7) is 1.42. The van der Waals surface area contributed by atoms with Crippen LogP contribution in [0.15, 0.2) is 60.7 Å². The van der Waals surface area contributed by atoms with E-state index >= 15 is 0 Å². The molecule has 1 amide bonds. The maximum absolute atomic E-state index is 11.8. The normalized spacial score (nSPS) is 20.8. The number of para-hydroxylation sites is 1. The third-order valence-electron chi connectivity index (χ3n) is 3.65. The second-order valence-corrected chi connectivity index (χ2v) is 4.93. The first kappa shape index (κ1) is 11.9. The summed E-state index contributed by atoms with van der Waals surface area (Å²) < 4.78 is 0.344. The van der Waals surface area contributed by atoms with Gasteiger partial charge in [0, 0.05) is 17.2 Å². The Labute approximate surface area is 113 Å². The highest BCUT2D eigenvalue weighted by Gasteiger charge is 2.33. The average molecular weight is 250 g/mol. The second kappa shape index (κ2) is 4.82. The molecule has 0 saturated carbocycles. The second-order valence-electron chi connectivity index (χ2n) is 4.93. The molecule has 2 aromatic carbocycles. The molecule has 1 heterocycles. The first-order valence-corrected chi connectivity index (χ1v) is 6.47. The average Bonchev–Trinajstić information content (AvgIpc) is 2.49. The Kier molecular flexibility index (Phi) is 3.02. The molecule has 0 spiro atoms. The van der Waals surface area contributed by atoms with Gasteiger partial charge in [0.15, 0.2) is 0 Å². The first-order valence-electron chi connectivity index (χ1n) is 6.47. The number of quaternary nitrogens is 1. The highest BCUT2D eigenvalue weighted by Crippen LogP contribution is 2.32. The fourth-order valence-corrected chi connectivity index (χ4v) is 2.70. The Morgan fingerprint density at radius 2 is 1.74 bits per heavy atom. The number of hydrogen-bond acceptors (Lipinski definition) is 1. The Bertz CT molecular complexity index is 618. The minimum atomic E-state index is 0.344. The molecule has 1 aliphatic heterocycles. The molecular formula is C17H16NO+. The van der Waals surface area contributed by atoms with Crippen LogP contribution in [0.2, 0.25) is 0 Å². The Hall–Kier alpha value is -2.19. The Morgan fingerprint density at radius 1 is 1.00 bits per heavy atom. The van der Waals surface area contributed by atoms with E-state index in [1.807, 2.05) is 30.3 Å². The van der Waals surface area contributed by atoms with Crippen LogP contribution in [-0.4, -0.2) is 13.0 Å². The fourth-order valence-electron chi connectivity index (χ4n) is 2.70. The summed E-state index contributed by atoms with van der Waals surface area (Å²) in [6.07, 6.45) is 5.25. The number of carbonyl (C=O) groups is 1. The summed E-state index contributed by atoms with van der Waals surface area (Å²) in [6, 6.07) is 18.3. The number of hydrogen-bond donors (Lipinski definition) is 0. The first-order chi connectivity index (χ1) is 9.34. The zero-order valence-electron chi connectivity index (χ0n) is 10.7. The van der Waals surface area contributed by atoms with Crippen LogP contribution in [0.25, 0.3) is 6.08 Å². The predicted octanol–water partition coefficient (Wildman–Crippen LogP) is 3.38. The molecule has 1 atom stereocenters. The summed E-state index contributed by atoms with van der Waals surface area (Å²) in [5.74, 6) is 0. The van der Waals surface area contributed by atoms with Crippen LogP contribution in [0, 0.1) is 0 Å². The molecule has 3 rings (SSSR count). The largest absolute Gasteiger partial charge is 0.307 e. The quantitative estimate of drug-likeness (QED) is 0.603. The minimum absolute atomic E-state index is 0.344. The molecule has 0 radical (unpaired) electrons. The lowest BCUT2D eigenvalue weighted by Gasteiger charge is -2.33. The summed E-state index contributed by atoms with van der Waals surface area (Å²) in [5, 5.41) is 0. The number of fused-ring (bicyclic) bond motifs is 1. The Balaban J connectivity index is 2.05. The Morgan fingerprint density at radius 3 is 2.53 bits per heavy atom. The van der Waals surface area contributed by atoms with Crippen molar-refractivity contribution in [3.63, 3.8) is 0 Å². The number of nitrogens with zero attached hydrogens (tertiary/aromatic N) is 1. The number of amides is 1. The van der Waals surface area contributed by atoms with E-state index in [2.05, 4.69) is 36.4 Å². The van der Waals surface area contributed by atoms with Gasteiger partial charge in [-0.05, 0) is 18.2 Å². The number of benzene rings is 2. The monoisotopic (exact) mass is 250 g/mol. The van der Waals surface area contributed by atoms with E-state index in [1.54, 1.807) is 0 Å². The van der Waals surface area contributed by atoms with Gasteiger partial charge in [-0.15, -0.1) is 0 Å². The van der Waals surface area contributed by atoms with Crippen molar-refractivity contribution in [1.29, 1.82) is 0 Å². The summed E-state index contributed by atoms with van der Waals surface area (Å²) >= 11 is 0. The van der Waals surface area contributed by atoms with Crippen LogP contribution in [0.4, 0.5) is 5.69 Å². The van der Waals surface area contributed by atoms with Crippen molar-refractivity contribution in [1.82, 2.24) is 4.48 Å². The van der Waals surface area contributed by atoms with Gasteiger partial charge in [-0.2, -0.15) is 0 Å². The molecule has 2 aromatic rings. The van der Waals surface area contributed by atoms with Crippen molar-refractivity contribution in [3.8, 4) is 0 Å². The van der Waals surface area contributed by atoms with Crippen molar-refractivity contribution >= 4 is 18.2 Å². The van der Waals surface area contributed by atoms with Crippen LogP contribution in [0.3, 0.4) is 0 Å². The van der Waals surface area contributed by atoms with Gasteiger partial charge in [-0.3, -0.25) is 0 Å². The molecule has 2 heteroatoms. The maximum Gasteiger partial charge on any atom is 0.307 e.